The third-order valence-corrected chi connectivity index (χ3v) is 7.47. The molecule has 3 aromatic rings. The fourth-order valence-electron chi connectivity index (χ4n) is 4.38. The molecule has 9 heteroatoms. The molecule has 1 atom stereocenters. The molecule has 34 heavy (non-hydrogen) atoms. The Morgan fingerprint density at radius 2 is 1.82 bits per heavy atom. The largest absolute Gasteiger partial charge is 0.326 e. The highest BCUT2D eigenvalue weighted by molar-refractivity contribution is 7.90. The van der Waals surface area contributed by atoms with Crippen LogP contribution in [0.4, 0.5) is 11.4 Å². The predicted molar refractivity (Wildman–Crippen MR) is 131 cm³/mol. The summed E-state index contributed by atoms with van der Waals surface area (Å²) in [5.41, 5.74) is 1.14. The van der Waals surface area contributed by atoms with E-state index in [2.05, 4.69) is 15.0 Å². The number of nitrogens with zero attached hydrogens (tertiary/aromatic N) is 2. The van der Waals surface area contributed by atoms with Crippen molar-refractivity contribution in [2.75, 3.05) is 23.3 Å². The maximum atomic E-state index is 13.0. The first-order chi connectivity index (χ1) is 16.4. The smallest absolute Gasteiger partial charge is 0.262 e. The van der Waals surface area contributed by atoms with E-state index in [-0.39, 0.29) is 29.7 Å². The minimum Gasteiger partial charge on any atom is -0.326 e. The lowest BCUT2D eigenvalue weighted by atomic mass is 10.1. The third-order valence-electron chi connectivity index (χ3n) is 6.09. The molecular formula is C25H24N4O4S. The van der Waals surface area contributed by atoms with Crippen LogP contribution in [0.25, 0.3) is 10.8 Å². The summed E-state index contributed by atoms with van der Waals surface area (Å²) in [6, 6.07) is 19.7. The van der Waals surface area contributed by atoms with Gasteiger partial charge in [-0.25, -0.2) is 8.42 Å². The molecule has 1 fully saturated rings. The molecule has 0 aliphatic carbocycles. The zero-order chi connectivity index (χ0) is 23.7. The van der Waals surface area contributed by atoms with Crippen molar-refractivity contribution in [2.24, 2.45) is 10.9 Å². The van der Waals surface area contributed by atoms with Gasteiger partial charge in [0, 0.05) is 37.0 Å². The van der Waals surface area contributed by atoms with Crippen molar-refractivity contribution in [2.45, 2.75) is 24.2 Å². The van der Waals surface area contributed by atoms with E-state index in [1.54, 1.807) is 17.0 Å². The molecule has 2 aliphatic rings. The minimum atomic E-state index is -3.79. The van der Waals surface area contributed by atoms with E-state index < -0.39 is 15.9 Å². The molecular weight excluding hydrogens is 452 g/mol. The zero-order valence-electron chi connectivity index (χ0n) is 18.4. The molecule has 2 N–H and O–H groups in total. The Balaban J connectivity index is 1.30. The van der Waals surface area contributed by atoms with Gasteiger partial charge in [-0.1, -0.05) is 42.5 Å². The van der Waals surface area contributed by atoms with Gasteiger partial charge in [-0.05, 0) is 36.1 Å². The molecule has 1 saturated heterocycles. The van der Waals surface area contributed by atoms with Crippen LogP contribution in [0.5, 0.6) is 0 Å². The number of anilines is 2. The standard InChI is InChI=1S/C25H24N4O4S/c30-24-14-18(16-29(24)22-11-3-7-17-6-1-2-10-21(17)22)25(31)27-19-8-4-9-20(15-19)34(32,33)28-23-12-5-13-26-23/h1-4,6-11,15,18H,5,12-14,16H2,(H,26,28)(H,27,31)/t18-/m0/s1. The van der Waals surface area contributed by atoms with Gasteiger partial charge < -0.3 is 10.2 Å². The topological polar surface area (TPSA) is 108 Å². The van der Waals surface area contributed by atoms with Crippen molar-refractivity contribution in [3.63, 3.8) is 0 Å². The number of hydrogen-bond donors (Lipinski definition) is 2. The number of sulfonamides is 1. The molecule has 2 aliphatic heterocycles. The van der Waals surface area contributed by atoms with Crippen LogP contribution in [-0.2, 0) is 19.6 Å². The van der Waals surface area contributed by atoms with E-state index in [9.17, 15) is 18.0 Å². The van der Waals surface area contributed by atoms with E-state index in [1.807, 2.05) is 42.5 Å². The number of rotatable bonds is 5. The maximum absolute atomic E-state index is 13.0. The average Bonchev–Trinajstić information content (AvgIpc) is 3.48. The van der Waals surface area contributed by atoms with Crippen molar-refractivity contribution < 1.29 is 18.0 Å². The van der Waals surface area contributed by atoms with Gasteiger partial charge in [0.1, 0.15) is 5.84 Å². The fourth-order valence-corrected chi connectivity index (χ4v) is 5.52. The number of aliphatic imine (C=N–C) groups is 1. The lowest BCUT2D eigenvalue weighted by Gasteiger charge is -2.19. The lowest BCUT2D eigenvalue weighted by molar-refractivity contribution is -0.122. The van der Waals surface area contributed by atoms with Crippen LogP contribution in [0.15, 0.2) is 76.6 Å². The first-order valence-corrected chi connectivity index (χ1v) is 12.6. The zero-order valence-corrected chi connectivity index (χ0v) is 19.2. The minimum absolute atomic E-state index is 0.0415. The maximum Gasteiger partial charge on any atom is 0.262 e. The summed E-state index contributed by atoms with van der Waals surface area (Å²) in [6.07, 6.45) is 1.51. The Labute approximate surface area is 197 Å². The number of amidine groups is 1. The predicted octanol–water partition coefficient (Wildman–Crippen LogP) is 3.30. The number of nitrogens with one attached hydrogen (secondary N) is 2. The van der Waals surface area contributed by atoms with Gasteiger partial charge in [0.05, 0.1) is 16.5 Å². The van der Waals surface area contributed by atoms with Crippen molar-refractivity contribution in [1.29, 1.82) is 0 Å². The van der Waals surface area contributed by atoms with Crippen LogP contribution in [-0.4, -0.2) is 39.2 Å². The second kappa shape index (κ2) is 8.90. The summed E-state index contributed by atoms with van der Waals surface area (Å²) < 4.78 is 27.9. The third kappa shape index (κ3) is 4.38. The van der Waals surface area contributed by atoms with Gasteiger partial charge in [-0.2, -0.15) is 0 Å². The summed E-state index contributed by atoms with van der Waals surface area (Å²) in [6.45, 7) is 0.877. The van der Waals surface area contributed by atoms with Gasteiger partial charge in [0.2, 0.25) is 11.8 Å². The Bertz CT molecular complexity index is 1410. The molecule has 2 heterocycles. The highest BCUT2D eigenvalue weighted by Crippen LogP contribution is 2.32. The van der Waals surface area contributed by atoms with E-state index in [4.69, 9.17) is 0 Å². The van der Waals surface area contributed by atoms with Gasteiger partial charge >= 0.3 is 0 Å². The van der Waals surface area contributed by atoms with E-state index >= 15 is 0 Å². The normalized spacial score (nSPS) is 18.2. The Morgan fingerprint density at radius 3 is 2.65 bits per heavy atom. The number of fused-ring (bicyclic) bond motifs is 1. The SMILES string of the molecule is O=C(Nc1cccc(S(=O)(=O)NC2=NCCC2)c1)[C@H]1CC(=O)N(c2cccc3ccccc23)C1. The van der Waals surface area contributed by atoms with Crippen LogP contribution in [0.2, 0.25) is 0 Å². The summed E-state index contributed by atoms with van der Waals surface area (Å²) >= 11 is 0. The van der Waals surface area contributed by atoms with E-state index in [1.165, 1.54) is 12.1 Å². The summed E-state index contributed by atoms with van der Waals surface area (Å²) in [7, 11) is -3.79. The van der Waals surface area contributed by atoms with Gasteiger partial charge in [-0.15, -0.1) is 0 Å². The van der Waals surface area contributed by atoms with Crippen LogP contribution in [0.1, 0.15) is 19.3 Å². The molecule has 8 nitrogen and oxygen atoms in total. The van der Waals surface area contributed by atoms with Crippen LogP contribution in [0, 0.1) is 5.92 Å². The number of amides is 2. The Morgan fingerprint density at radius 1 is 1.03 bits per heavy atom. The average molecular weight is 477 g/mol. The molecule has 0 spiro atoms. The van der Waals surface area contributed by atoms with Gasteiger partial charge in [0.25, 0.3) is 10.0 Å². The summed E-state index contributed by atoms with van der Waals surface area (Å²) in [4.78, 5) is 31.6. The monoisotopic (exact) mass is 476 g/mol. The van der Waals surface area contributed by atoms with E-state index in [0.29, 0.717) is 24.5 Å². The van der Waals surface area contributed by atoms with Gasteiger partial charge in [-0.3, -0.25) is 19.3 Å². The van der Waals surface area contributed by atoms with Crippen LogP contribution < -0.4 is 14.9 Å². The number of carbonyl (C=O) groups excluding carboxylic acids is 2. The molecule has 0 bridgehead atoms. The number of carbonyl (C=O) groups is 2. The fraction of sp³-hybridized carbons (Fsp3) is 0.240. The molecule has 5 rings (SSSR count). The van der Waals surface area contributed by atoms with Gasteiger partial charge in [0.15, 0.2) is 0 Å². The molecule has 0 unspecified atom stereocenters. The van der Waals surface area contributed by atoms with Crippen LogP contribution >= 0.6 is 0 Å². The summed E-state index contributed by atoms with van der Waals surface area (Å²) in [5.74, 6) is -0.529. The number of hydrogen-bond acceptors (Lipinski definition) is 5. The van der Waals surface area contributed by atoms with Crippen molar-refractivity contribution in [3.8, 4) is 0 Å². The summed E-state index contributed by atoms with van der Waals surface area (Å²) in [5, 5.41) is 4.76. The van der Waals surface area contributed by atoms with Crippen molar-refractivity contribution >= 4 is 49.8 Å². The van der Waals surface area contributed by atoms with Crippen molar-refractivity contribution in [1.82, 2.24) is 4.72 Å². The molecule has 0 aromatic heterocycles. The molecule has 0 saturated carbocycles. The highest BCUT2D eigenvalue weighted by atomic mass is 32.2. The first-order valence-electron chi connectivity index (χ1n) is 11.2. The second-order valence-electron chi connectivity index (χ2n) is 8.46. The highest BCUT2D eigenvalue weighted by Gasteiger charge is 2.35. The van der Waals surface area contributed by atoms with Crippen molar-refractivity contribution in [3.05, 3.63) is 66.7 Å². The molecule has 174 valence electrons. The quantitative estimate of drug-likeness (QED) is 0.589. The Kier molecular flexibility index (Phi) is 5.79. The number of benzene rings is 3. The molecule has 3 aromatic carbocycles. The second-order valence-corrected chi connectivity index (χ2v) is 10.1. The molecule has 2 amide bonds. The van der Waals surface area contributed by atoms with E-state index in [0.717, 1.165) is 22.9 Å². The first kappa shape index (κ1) is 22.1. The molecule has 0 radical (unpaired) electrons. The Hall–Kier alpha value is -3.72. The lowest BCUT2D eigenvalue weighted by Crippen LogP contribution is -2.29. The van der Waals surface area contributed by atoms with Crippen LogP contribution in [0.3, 0.4) is 0 Å².